The van der Waals surface area contributed by atoms with E-state index in [2.05, 4.69) is 49.0 Å². The van der Waals surface area contributed by atoms with Gasteiger partial charge < -0.3 is 4.43 Å². The number of aromatic nitrogens is 3. The molecule has 2 N–H and O–H groups in total. The van der Waals surface area contributed by atoms with E-state index in [1.807, 2.05) is 0 Å². The molecule has 0 unspecified atom stereocenters. The number of hydrogen-bond acceptors (Lipinski definition) is 4. The van der Waals surface area contributed by atoms with E-state index in [4.69, 9.17) is 16.6 Å². The van der Waals surface area contributed by atoms with Gasteiger partial charge in [0, 0.05) is 13.0 Å². The van der Waals surface area contributed by atoms with Gasteiger partial charge >= 0.3 is 0 Å². The van der Waals surface area contributed by atoms with Gasteiger partial charge in [0.1, 0.15) is 5.69 Å². The first-order chi connectivity index (χ1) is 8.13. The van der Waals surface area contributed by atoms with E-state index in [0.717, 1.165) is 0 Å². The van der Waals surface area contributed by atoms with Crippen molar-refractivity contribution in [3.05, 3.63) is 20.8 Å². The molecule has 0 aliphatic carbocycles. The summed E-state index contributed by atoms with van der Waals surface area (Å²) in [6, 6.07) is 0. The van der Waals surface area contributed by atoms with Gasteiger partial charge in [-0.25, -0.2) is 0 Å². The lowest BCUT2D eigenvalue weighted by molar-refractivity contribution is 0.290. The minimum Gasteiger partial charge on any atom is -0.416 e. The molecular formula is C11H21N3O2SSi. The largest absolute Gasteiger partial charge is 0.416 e. The van der Waals surface area contributed by atoms with E-state index in [1.165, 1.54) is 0 Å². The number of aromatic amines is 2. The summed E-state index contributed by atoms with van der Waals surface area (Å²) in [5.74, 6) is 0. The molecule has 0 bridgehead atoms. The third-order valence-electron chi connectivity index (χ3n) is 3.39. The lowest BCUT2D eigenvalue weighted by Crippen LogP contribution is -2.41. The minimum absolute atomic E-state index is 0.170. The van der Waals surface area contributed by atoms with Crippen LogP contribution in [0.1, 0.15) is 26.5 Å². The molecular weight excluding hydrogens is 266 g/mol. The molecule has 0 aliphatic heterocycles. The second kappa shape index (κ2) is 5.46. The summed E-state index contributed by atoms with van der Waals surface area (Å²) < 4.78 is 6.23. The summed E-state index contributed by atoms with van der Waals surface area (Å²) in [7, 11) is -1.76. The molecule has 18 heavy (non-hydrogen) atoms. The molecule has 0 saturated carbocycles. The van der Waals surface area contributed by atoms with Crippen molar-refractivity contribution in [2.45, 2.75) is 45.3 Å². The number of nitrogens with zero attached hydrogens (tertiary/aromatic N) is 1. The fourth-order valence-corrected chi connectivity index (χ4v) is 2.34. The van der Waals surface area contributed by atoms with Crippen LogP contribution in [0, 0.1) is 4.77 Å². The monoisotopic (exact) mass is 287 g/mol. The highest BCUT2D eigenvalue weighted by atomic mass is 32.1. The van der Waals surface area contributed by atoms with Crippen LogP contribution >= 0.6 is 12.2 Å². The van der Waals surface area contributed by atoms with Crippen molar-refractivity contribution in [2.75, 3.05) is 6.61 Å². The first kappa shape index (κ1) is 15.3. The van der Waals surface area contributed by atoms with Gasteiger partial charge in [0.15, 0.2) is 13.1 Å². The maximum absolute atomic E-state index is 11.5. The molecule has 0 fully saturated rings. The lowest BCUT2D eigenvalue weighted by Gasteiger charge is -2.36. The Labute approximate surface area is 113 Å². The van der Waals surface area contributed by atoms with Crippen LogP contribution in [0.2, 0.25) is 18.1 Å². The zero-order valence-corrected chi connectivity index (χ0v) is 13.4. The van der Waals surface area contributed by atoms with Crippen LogP contribution in [0.4, 0.5) is 0 Å². The summed E-state index contributed by atoms with van der Waals surface area (Å²) >= 11 is 4.78. The van der Waals surface area contributed by atoms with Gasteiger partial charge in [0.05, 0.1) is 0 Å². The Hall–Kier alpha value is -0.793. The van der Waals surface area contributed by atoms with E-state index >= 15 is 0 Å². The van der Waals surface area contributed by atoms with Gasteiger partial charge in [-0.2, -0.15) is 5.10 Å². The van der Waals surface area contributed by atoms with Gasteiger partial charge in [-0.3, -0.25) is 14.9 Å². The average molecular weight is 287 g/mol. The Morgan fingerprint density at radius 1 is 1.39 bits per heavy atom. The number of H-pyrrole nitrogens is 2. The van der Waals surface area contributed by atoms with Crippen molar-refractivity contribution in [1.82, 2.24) is 15.2 Å². The average Bonchev–Trinajstić information content (AvgIpc) is 2.19. The molecule has 0 atom stereocenters. The van der Waals surface area contributed by atoms with Crippen LogP contribution in [0.5, 0.6) is 0 Å². The molecule has 5 nitrogen and oxygen atoms in total. The second-order valence-electron chi connectivity index (χ2n) is 5.81. The predicted octanol–water partition coefficient (Wildman–Crippen LogP) is 2.39. The first-order valence-corrected chi connectivity index (χ1v) is 9.27. The Morgan fingerprint density at radius 2 is 2.00 bits per heavy atom. The van der Waals surface area contributed by atoms with E-state index in [9.17, 15) is 4.79 Å². The standard InChI is InChI=1S/C11H21N3O2SSi/c1-11(2,3)18(4,5)16-7-6-8-9(15)12-10(17)14-13-8/h6-7H2,1-5H3,(H2,12,14,15,17). The highest BCUT2D eigenvalue weighted by Crippen LogP contribution is 2.36. The molecule has 7 heteroatoms. The number of nitrogens with one attached hydrogen (secondary N) is 2. The third-order valence-corrected chi connectivity index (χ3v) is 8.12. The quantitative estimate of drug-likeness (QED) is 0.659. The van der Waals surface area contributed by atoms with Crippen LogP contribution in [0.15, 0.2) is 4.79 Å². The molecule has 1 rings (SSSR count). The van der Waals surface area contributed by atoms with Crippen molar-refractivity contribution in [3.63, 3.8) is 0 Å². The van der Waals surface area contributed by atoms with Crippen LogP contribution in [-0.4, -0.2) is 30.1 Å². The van der Waals surface area contributed by atoms with Gasteiger partial charge in [-0.15, -0.1) is 0 Å². The van der Waals surface area contributed by atoms with E-state index < -0.39 is 8.32 Å². The van der Waals surface area contributed by atoms with Crippen molar-refractivity contribution in [3.8, 4) is 0 Å². The smallest absolute Gasteiger partial charge is 0.273 e. The molecule has 102 valence electrons. The lowest BCUT2D eigenvalue weighted by atomic mass is 10.2. The molecule has 0 saturated heterocycles. The fourth-order valence-electron chi connectivity index (χ4n) is 1.16. The Kier molecular flexibility index (Phi) is 4.63. The van der Waals surface area contributed by atoms with Crippen LogP contribution < -0.4 is 5.56 Å². The van der Waals surface area contributed by atoms with Crippen molar-refractivity contribution >= 4 is 20.5 Å². The zero-order valence-electron chi connectivity index (χ0n) is 11.6. The number of hydrogen-bond donors (Lipinski definition) is 2. The van der Waals surface area contributed by atoms with Crippen LogP contribution in [0.25, 0.3) is 0 Å². The Morgan fingerprint density at radius 3 is 2.50 bits per heavy atom. The van der Waals surface area contributed by atoms with E-state index in [1.54, 1.807) is 0 Å². The molecule has 1 aromatic heterocycles. The summed E-state index contributed by atoms with van der Waals surface area (Å²) in [6.07, 6.45) is 0.494. The van der Waals surface area contributed by atoms with Crippen LogP contribution in [-0.2, 0) is 10.8 Å². The Balaban J connectivity index is 2.62. The van der Waals surface area contributed by atoms with Crippen molar-refractivity contribution in [1.29, 1.82) is 0 Å². The number of rotatable bonds is 4. The van der Waals surface area contributed by atoms with Crippen LogP contribution in [0.3, 0.4) is 0 Å². The fraction of sp³-hybridized carbons (Fsp3) is 0.727. The molecule has 0 aromatic carbocycles. The second-order valence-corrected chi connectivity index (χ2v) is 11.0. The molecule has 0 radical (unpaired) electrons. The zero-order chi connectivity index (χ0) is 14.0. The molecule has 1 heterocycles. The molecule has 0 amide bonds. The highest BCUT2D eigenvalue weighted by molar-refractivity contribution is 7.71. The van der Waals surface area contributed by atoms with E-state index in [0.29, 0.717) is 18.7 Å². The van der Waals surface area contributed by atoms with E-state index in [-0.39, 0.29) is 15.4 Å². The first-order valence-electron chi connectivity index (χ1n) is 5.95. The summed E-state index contributed by atoms with van der Waals surface area (Å²) in [4.78, 5) is 14.1. The van der Waals surface area contributed by atoms with Gasteiger partial charge in [0.25, 0.3) is 5.56 Å². The minimum atomic E-state index is -1.76. The topological polar surface area (TPSA) is 70.8 Å². The maximum Gasteiger partial charge on any atom is 0.273 e. The summed E-state index contributed by atoms with van der Waals surface area (Å²) in [5, 5.41) is 6.68. The van der Waals surface area contributed by atoms with Gasteiger partial charge in [-0.1, -0.05) is 20.8 Å². The van der Waals surface area contributed by atoms with Gasteiger partial charge in [0.2, 0.25) is 0 Å². The highest BCUT2D eigenvalue weighted by Gasteiger charge is 2.36. The third kappa shape index (κ3) is 3.86. The van der Waals surface area contributed by atoms with Gasteiger partial charge in [-0.05, 0) is 30.4 Å². The SMILES string of the molecule is CC(C)(C)[Si](C)(C)OCCc1n[nH]c(=S)[nH]c1=O. The molecule has 0 aliphatic rings. The van der Waals surface area contributed by atoms with Crippen molar-refractivity contribution in [2.24, 2.45) is 0 Å². The Bertz CT molecular complexity index is 516. The maximum atomic E-state index is 11.5. The summed E-state index contributed by atoms with van der Waals surface area (Å²) in [5.41, 5.74) is 0.194. The predicted molar refractivity (Wildman–Crippen MR) is 76.9 cm³/mol. The summed E-state index contributed by atoms with van der Waals surface area (Å²) in [6.45, 7) is 11.4. The molecule has 0 spiro atoms. The normalized spacial score (nSPS) is 12.7. The molecule has 1 aromatic rings. The van der Waals surface area contributed by atoms with Crippen molar-refractivity contribution < 1.29 is 4.43 Å².